The van der Waals surface area contributed by atoms with Crippen molar-refractivity contribution in [1.82, 2.24) is 39.2 Å². The number of nitrogens with zero attached hydrogens (tertiary/aromatic N) is 9. The Morgan fingerprint density at radius 3 is 0.866 bits per heavy atom. The van der Waals surface area contributed by atoms with Crippen LogP contribution < -0.4 is 9.64 Å². The van der Waals surface area contributed by atoms with Crippen molar-refractivity contribution in [3.05, 3.63) is 131 Å². The van der Waals surface area contributed by atoms with E-state index in [4.69, 9.17) is 4.74 Å². The van der Waals surface area contributed by atoms with Crippen LogP contribution in [-0.2, 0) is 19.1 Å². The average molecular weight is 2000 g/mol. The van der Waals surface area contributed by atoms with Gasteiger partial charge in [0.15, 0.2) is 0 Å². The lowest BCUT2D eigenvalue weighted by atomic mass is 9.85. The summed E-state index contributed by atoms with van der Waals surface area (Å²) in [6.07, 6.45) is 1.53. The Morgan fingerprint density at radius 2 is 0.599 bits per heavy atom. The minimum Gasteiger partial charge on any atom is -0.449 e. The van der Waals surface area contributed by atoms with E-state index in [0.717, 1.165) is 47.4 Å². The quantitative estimate of drug-likeness (QED) is 0.164. The van der Waals surface area contributed by atoms with E-state index < -0.39 is 17.4 Å². The highest BCUT2D eigenvalue weighted by Gasteiger charge is 2.46. The van der Waals surface area contributed by atoms with E-state index in [9.17, 15) is 51.5 Å². The number of hydrogen-bond acceptors (Lipinski definition) is 10. The van der Waals surface area contributed by atoms with Gasteiger partial charge in [-0.25, -0.2) is 9.59 Å². The number of anilines is 1. The third-order valence-corrected chi connectivity index (χ3v) is 21.7. The van der Waals surface area contributed by atoms with E-state index >= 15 is 0 Å². The fraction of sp³-hybridized carbons (Fsp3) is 0.733. The maximum atomic E-state index is 12.8. The second-order valence-electron chi connectivity index (χ2n) is 57.7. The van der Waals surface area contributed by atoms with E-state index in [1.165, 1.54) is 37.0 Å². The number of para-hydroxylation sites is 1. The summed E-state index contributed by atoms with van der Waals surface area (Å²) in [5, 5.41) is 0. The summed E-state index contributed by atoms with van der Waals surface area (Å²) in [5.74, 6) is 0.700. The van der Waals surface area contributed by atoms with Gasteiger partial charge in [-0.2, -0.15) is 0 Å². The van der Waals surface area contributed by atoms with E-state index in [2.05, 4.69) is 300 Å². The van der Waals surface area contributed by atoms with Crippen molar-refractivity contribution in [1.29, 1.82) is 0 Å². The van der Waals surface area contributed by atoms with E-state index in [1.807, 2.05) is 228 Å². The number of ether oxygens (including phenoxy) is 2. The van der Waals surface area contributed by atoms with Crippen LogP contribution in [0.5, 0.6) is 5.75 Å². The molecule has 9 amide bonds. The number of hydrogen-bond donors (Lipinski definition) is 0. The molecule has 818 valence electrons. The van der Waals surface area contributed by atoms with Crippen molar-refractivity contribution < 1.29 is 61.0 Å². The molecule has 1 fully saturated rings. The number of alkyl halides is 3. The highest BCUT2D eigenvalue weighted by Crippen LogP contribution is 2.39. The van der Waals surface area contributed by atoms with Gasteiger partial charge in [0.2, 0.25) is 17.7 Å². The van der Waals surface area contributed by atoms with Crippen LogP contribution in [0.4, 0.5) is 28.4 Å². The number of carbonyl (C=O) groups excluding carboxylic acids is 8. The number of benzene rings is 4. The molecule has 0 aromatic heterocycles. The van der Waals surface area contributed by atoms with Crippen molar-refractivity contribution in [2.75, 3.05) is 18.6 Å². The standard InChI is InChI=1S/C16H22F3NO2.C16H26N2O.2C16H25NO.C15H29NO.C14H29NO2.C14H29NO.C13H27NO/c1-14(2,3)20(15(4,5)6)13(21)11-7-9-12(10-8-11)22-16(17,18)19;1-15(2,3)18(16(4,5)6)14(19)17(7)13-11-9-8-10-12-13;1-12-8-10-13(11-9-12)14(18)17(15(2,3)4)16(5,6)7;1-12-10-8-9-11-13(12)14(18)17(15(2,3)4)16(5,6)7;1-14(2,3)16(15(4,5)6)13(17)12-10-8-7-9-11-12;1-12(2,3)10-17-11(16)15(13(4,5)6)14(7,8)9;1-12(2,3)10-11(16)15(13(4,5)6)14(7,8)9;1-11(2,3)10(15)14(12(4,5)6)13(7,8)9/h7-10H,1-6H3;8-12H,1-7H3;2*8-11H,1-7H3;12H,7-11H2,1-6H3;10H2,1-9H3;10H2,1-9H3;1-9H3. The average Bonchev–Trinajstić information content (AvgIpc) is 0.787. The topological polar surface area (TPSA) is 184 Å². The van der Waals surface area contributed by atoms with Gasteiger partial charge in [0.1, 0.15) is 5.75 Å². The molecule has 1 aliphatic carbocycles. The first-order chi connectivity index (χ1) is 62.3. The molecule has 0 spiro atoms. The molecule has 0 saturated heterocycles. The van der Waals surface area contributed by atoms with Crippen LogP contribution in [0.2, 0.25) is 0 Å². The first-order valence-corrected chi connectivity index (χ1v) is 51.4. The lowest BCUT2D eigenvalue weighted by Gasteiger charge is -2.48. The van der Waals surface area contributed by atoms with Crippen LogP contribution in [0.3, 0.4) is 0 Å². The predicted octanol–water partition coefficient (Wildman–Crippen LogP) is 32.2. The van der Waals surface area contributed by atoms with Crippen molar-refractivity contribution in [3.63, 3.8) is 0 Å². The SMILES string of the molecule is CC(C)(C)C(=O)N(C(C)(C)C)C(C)(C)C.CC(C)(C)CC(=O)N(C(C)(C)C)C(C)(C)C.CC(C)(C)COC(=O)N(C(C)(C)C)C(C)(C)C.CC(C)(C)N(C(=O)C1CCCCC1)C(C)(C)C.CC(C)(C)N(C(=O)c1ccc(OC(F)(F)F)cc1)C(C)(C)C.CN(C(=O)N(C(C)(C)C)C(C)(C)C)c1ccccc1.Cc1ccc(C(=O)N(C(C)(C)C)C(C)(C)C)cc1.Cc1ccccc1C(=O)N(C(C)(C)C)C(C)(C)C. The van der Waals surface area contributed by atoms with Crippen LogP contribution in [-0.4, -0.2) is 195 Å². The molecule has 1 saturated carbocycles. The summed E-state index contributed by atoms with van der Waals surface area (Å²) in [5.41, 5.74) is 1.44. The molecule has 0 heterocycles. The summed E-state index contributed by atoms with van der Waals surface area (Å²) >= 11 is 0. The van der Waals surface area contributed by atoms with Crippen molar-refractivity contribution in [2.24, 2.45) is 22.2 Å². The molecule has 22 heteroatoms. The Kier molecular flexibility index (Phi) is 49.5. The monoisotopic (exact) mass is 2000 g/mol. The molecular formula is C120H212F3N9O10. The third kappa shape index (κ3) is 49.8. The molecule has 0 atom stereocenters. The molecule has 0 bridgehead atoms. The highest BCUT2D eigenvalue weighted by molar-refractivity contribution is 5.97. The van der Waals surface area contributed by atoms with Crippen molar-refractivity contribution >= 4 is 53.3 Å². The van der Waals surface area contributed by atoms with Gasteiger partial charge >= 0.3 is 18.5 Å². The summed E-state index contributed by atoms with van der Waals surface area (Å²) in [6, 6.07) is 30.3. The van der Waals surface area contributed by atoms with Crippen LogP contribution in [0.25, 0.3) is 0 Å². The Hall–Kier alpha value is -8.17. The zero-order chi connectivity index (χ0) is 114. The molecule has 0 N–H and O–H groups in total. The first-order valence-electron chi connectivity index (χ1n) is 51.4. The lowest BCUT2D eigenvalue weighted by molar-refractivity contribution is -0.274. The number of urea groups is 1. The molecule has 0 aliphatic heterocycles. The smallest absolute Gasteiger partial charge is 0.449 e. The number of aryl methyl sites for hydroxylation is 2. The Morgan fingerprint density at radius 1 is 0.310 bits per heavy atom. The Balaban J connectivity index is -0.00000156. The summed E-state index contributed by atoms with van der Waals surface area (Å²) < 4.78 is 45.6. The molecule has 0 unspecified atom stereocenters. The molecule has 142 heavy (non-hydrogen) atoms. The Bertz CT molecular complexity index is 4430. The van der Waals surface area contributed by atoms with Crippen LogP contribution in [0.1, 0.15) is 475 Å². The van der Waals surface area contributed by atoms with Gasteiger partial charge in [-0.05, 0) is 430 Å². The summed E-state index contributed by atoms with van der Waals surface area (Å²) in [4.78, 5) is 118. The molecule has 4 aromatic rings. The normalized spacial score (nSPS) is 13.7. The lowest BCUT2D eigenvalue weighted by Crippen LogP contribution is -2.59. The maximum Gasteiger partial charge on any atom is 0.573 e. The summed E-state index contributed by atoms with van der Waals surface area (Å²) in [7, 11) is 1.82. The number of rotatable bonds is 8. The molecule has 1 aliphatic rings. The van der Waals surface area contributed by atoms with Gasteiger partial charge in [0, 0.05) is 136 Å². The fourth-order valence-corrected chi connectivity index (χ4v) is 19.4. The van der Waals surface area contributed by atoms with E-state index in [-0.39, 0.29) is 147 Å². The predicted molar refractivity (Wildman–Crippen MR) is 595 cm³/mol. The minimum absolute atomic E-state index is 0.00288. The highest BCUT2D eigenvalue weighted by atomic mass is 19.4. The second kappa shape index (κ2) is 51.0. The third-order valence-electron chi connectivity index (χ3n) is 21.7. The van der Waals surface area contributed by atoms with Crippen LogP contribution in [0, 0.1) is 36.0 Å². The summed E-state index contributed by atoms with van der Waals surface area (Å²) in [6.45, 7) is 122. The van der Waals surface area contributed by atoms with Crippen LogP contribution in [0.15, 0.2) is 103 Å². The second-order valence-corrected chi connectivity index (χ2v) is 57.7. The molecule has 19 nitrogen and oxygen atoms in total. The van der Waals surface area contributed by atoms with E-state index in [0.29, 0.717) is 24.5 Å². The molecule has 5 rings (SSSR count). The van der Waals surface area contributed by atoms with Crippen molar-refractivity contribution in [2.45, 2.75) is 542 Å². The number of carbonyl (C=O) groups is 8. The first kappa shape index (κ1) is 138. The molecular weight excluding hydrogens is 1780 g/mol. The largest absolute Gasteiger partial charge is 0.573 e. The zero-order valence-electron chi connectivity index (χ0n) is 102. The minimum atomic E-state index is -4.74. The van der Waals surface area contributed by atoms with Gasteiger partial charge in [0.25, 0.3) is 17.7 Å². The fourth-order valence-electron chi connectivity index (χ4n) is 19.4. The van der Waals surface area contributed by atoms with Gasteiger partial charge in [0.05, 0.1) is 6.61 Å². The van der Waals surface area contributed by atoms with Gasteiger partial charge in [-0.15, -0.1) is 13.2 Å². The number of amides is 9. The van der Waals surface area contributed by atoms with Crippen LogP contribution >= 0.6 is 0 Å². The zero-order valence-corrected chi connectivity index (χ0v) is 102. The van der Waals surface area contributed by atoms with Gasteiger partial charge in [-0.1, -0.05) is 136 Å². The maximum absolute atomic E-state index is 12.8. The number of halogens is 3. The molecule has 0 radical (unpaired) electrons. The van der Waals surface area contributed by atoms with E-state index in [1.54, 1.807) is 14.7 Å². The Labute approximate surface area is 868 Å². The van der Waals surface area contributed by atoms with Crippen molar-refractivity contribution in [3.8, 4) is 5.75 Å². The van der Waals surface area contributed by atoms with Gasteiger partial charge < -0.3 is 43.8 Å². The van der Waals surface area contributed by atoms with Gasteiger partial charge in [-0.3, -0.25) is 38.6 Å². The molecule has 4 aromatic carbocycles.